The summed E-state index contributed by atoms with van der Waals surface area (Å²) < 4.78 is 21.1. The molecule has 0 aliphatic rings. The van der Waals surface area contributed by atoms with Crippen molar-refractivity contribution in [1.82, 2.24) is 10.3 Å². The largest absolute Gasteiger partial charge is 0.493 e. The van der Waals surface area contributed by atoms with Crippen molar-refractivity contribution in [3.05, 3.63) is 24.2 Å². The lowest BCUT2D eigenvalue weighted by atomic mass is 10.1. The molecule has 1 amide bonds. The van der Waals surface area contributed by atoms with Crippen LogP contribution in [0.5, 0.6) is 17.2 Å². The zero-order valence-electron chi connectivity index (χ0n) is 12.2. The number of benzene rings is 1. The molecule has 0 unspecified atom stereocenters. The Labute approximate surface area is 121 Å². The Balaban J connectivity index is 2.60. The molecule has 0 saturated heterocycles. The molecule has 0 radical (unpaired) electrons. The van der Waals surface area contributed by atoms with Crippen LogP contribution < -0.4 is 19.5 Å². The van der Waals surface area contributed by atoms with Crippen molar-refractivity contribution in [1.29, 1.82) is 0 Å². The Bertz CT molecular complexity index is 626. The van der Waals surface area contributed by atoms with Gasteiger partial charge in [0.1, 0.15) is 0 Å². The maximum absolute atomic E-state index is 11.8. The Morgan fingerprint density at radius 2 is 1.76 bits per heavy atom. The zero-order valence-corrected chi connectivity index (χ0v) is 12.2. The van der Waals surface area contributed by atoms with Gasteiger partial charge in [-0.1, -0.05) is 0 Å². The molecule has 0 aliphatic heterocycles. The third-order valence-corrected chi connectivity index (χ3v) is 2.94. The van der Waals surface area contributed by atoms with E-state index in [0.717, 1.165) is 0 Å². The van der Waals surface area contributed by atoms with Crippen molar-refractivity contribution in [3.8, 4) is 28.6 Å². The summed E-state index contributed by atoms with van der Waals surface area (Å²) in [5.41, 5.74) is 0.785. The second-order valence-corrected chi connectivity index (χ2v) is 4.02. The smallest absolute Gasteiger partial charge is 0.273 e. The lowest BCUT2D eigenvalue weighted by Crippen LogP contribution is -2.18. The van der Waals surface area contributed by atoms with Gasteiger partial charge in [0, 0.05) is 12.6 Å². The van der Waals surface area contributed by atoms with Gasteiger partial charge < -0.3 is 23.9 Å². The molecule has 7 nitrogen and oxygen atoms in total. The van der Waals surface area contributed by atoms with E-state index in [1.54, 1.807) is 12.1 Å². The summed E-state index contributed by atoms with van der Waals surface area (Å²) in [5, 5.41) is 2.51. The summed E-state index contributed by atoms with van der Waals surface area (Å²) in [7, 11) is 6.07. The summed E-state index contributed by atoms with van der Waals surface area (Å²) in [4.78, 5) is 15.7. The van der Waals surface area contributed by atoms with Gasteiger partial charge in [0.15, 0.2) is 29.3 Å². The Kier molecular flexibility index (Phi) is 4.32. The van der Waals surface area contributed by atoms with E-state index in [0.29, 0.717) is 28.6 Å². The van der Waals surface area contributed by atoms with Gasteiger partial charge >= 0.3 is 0 Å². The molecule has 21 heavy (non-hydrogen) atoms. The summed E-state index contributed by atoms with van der Waals surface area (Å²) in [5.74, 6) is 1.38. The molecule has 1 aromatic carbocycles. The molecule has 2 aromatic rings. The fraction of sp³-hybridized carbons (Fsp3) is 0.286. The van der Waals surface area contributed by atoms with Gasteiger partial charge in [0.05, 0.1) is 21.3 Å². The first-order valence-corrected chi connectivity index (χ1v) is 6.12. The van der Waals surface area contributed by atoms with Crippen LogP contribution >= 0.6 is 0 Å². The van der Waals surface area contributed by atoms with E-state index in [2.05, 4.69) is 10.3 Å². The van der Waals surface area contributed by atoms with Crippen molar-refractivity contribution < 1.29 is 23.4 Å². The molecule has 7 heteroatoms. The van der Waals surface area contributed by atoms with Crippen LogP contribution in [-0.4, -0.2) is 39.3 Å². The fourth-order valence-electron chi connectivity index (χ4n) is 1.94. The number of nitrogens with zero attached hydrogens (tertiary/aromatic N) is 1. The van der Waals surface area contributed by atoms with Crippen LogP contribution in [0.2, 0.25) is 0 Å². The van der Waals surface area contributed by atoms with Crippen molar-refractivity contribution >= 4 is 5.91 Å². The summed E-state index contributed by atoms with van der Waals surface area (Å²) >= 11 is 0. The highest BCUT2D eigenvalue weighted by atomic mass is 16.5. The minimum absolute atomic E-state index is 0.187. The van der Waals surface area contributed by atoms with Crippen LogP contribution in [-0.2, 0) is 0 Å². The number of rotatable bonds is 5. The van der Waals surface area contributed by atoms with E-state index < -0.39 is 0 Å². The van der Waals surface area contributed by atoms with E-state index in [1.807, 2.05) is 0 Å². The van der Waals surface area contributed by atoms with Crippen LogP contribution in [0.15, 0.2) is 22.9 Å². The first-order valence-electron chi connectivity index (χ1n) is 6.12. The number of nitrogens with one attached hydrogen (secondary N) is 1. The summed E-state index contributed by atoms with van der Waals surface area (Å²) in [6.07, 6.45) is 1.21. The zero-order chi connectivity index (χ0) is 15.4. The second kappa shape index (κ2) is 6.17. The number of amides is 1. The Morgan fingerprint density at radius 1 is 1.14 bits per heavy atom. The average molecular weight is 292 g/mol. The molecule has 0 saturated carbocycles. The molecule has 1 N–H and O–H groups in total. The van der Waals surface area contributed by atoms with Crippen molar-refractivity contribution in [2.24, 2.45) is 0 Å². The predicted octanol–water partition coefficient (Wildman–Crippen LogP) is 1.73. The van der Waals surface area contributed by atoms with Gasteiger partial charge in [-0.05, 0) is 12.1 Å². The average Bonchev–Trinajstić information content (AvgIpc) is 3.02. The molecule has 2 rings (SSSR count). The highest BCUT2D eigenvalue weighted by Crippen LogP contribution is 2.41. The van der Waals surface area contributed by atoms with Crippen molar-refractivity contribution in [2.45, 2.75) is 0 Å². The standard InChI is InChI=1S/C14H16N2O5/c1-15-14(17)11-12(21-7-16-11)8-5-9(18-2)13(20-4)10(6-8)19-3/h5-7H,1-4H3,(H,15,17). The third-order valence-electron chi connectivity index (χ3n) is 2.94. The molecule has 0 fully saturated rings. The van der Waals surface area contributed by atoms with Crippen LogP contribution in [0.25, 0.3) is 11.3 Å². The second-order valence-electron chi connectivity index (χ2n) is 4.02. The van der Waals surface area contributed by atoms with Gasteiger partial charge in [-0.2, -0.15) is 0 Å². The van der Waals surface area contributed by atoms with Crippen LogP contribution in [0.4, 0.5) is 0 Å². The molecule has 112 valence electrons. The molecule has 0 spiro atoms. The minimum atomic E-state index is -0.340. The molecule has 1 aromatic heterocycles. The van der Waals surface area contributed by atoms with Crippen LogP contribution in [0, 0.1) is 0 Å². The number of hydrogen-bond donors (Lipinski definition) is 1. The van der Waals surface area contributed by atoms with Crippen molar-refractivity contribution in [3.63, 3.8) is 0 Å². The molecular formula is C14H16N2O5. The highest BCUT2D eigenvalue weighted by molar-refractivity contribution is 5.97. The highest BCUT2D eigenvalue weighted by Gasteiger charge is 2.21. The molecular weight excluding hydrogens is 276 g/mol. The quantitative estimate of drug-likeness (QED) is 0.903. The first kappa shape index (κ1) is 14.7. The normalized spacial score (nSPS) is 10.1. The van der Waals surface area contributed by atoms with Gasteiger partial charge in [-0.25, -0.2) is 4.98 Å². The Morgan fingerprint density at radius 3 is 2.24 bits per heavy atom. The Hall–Kier alpha value is -2.70. The molecule has 0 atom stereocenters. The van der Waals surface area contributed by atoms with Crippen molar-refractivity contribution in [2.75, 3.05) is 28.4 Å². The van der Waals surface area contributed by atoms with Gasteiger partial charge in [0.25, 0.3) is 5.91 Å². The van der Waals surface area contributed by atoms with E-state index in [4.69, 9.17) is 18.6 Å². The van der Waals surface area contributed by atoms with E-state index in [1.165, 1.54) is 34.8 Å². The number of carbonyl (C=O) groups is 1. The molecule has 0 aliphatic carbocycles. The lowest BCUT2D eigenvalue weighted by molar-refractivity contribution is 0.0959. The van der Waals surface area contributed by atoms with E-state index >= 15 is 0 Å². The van der Waals surface area contributed by atoms with Gasteiger partial charge in [0.2, 0.25) is 5.75 Å². The predicted molar refractivity (Wildman–Crippen MR) is 75.0 cm³/mol. The van der Waals surface area contributed by atoms with Crippen LogP contribution in [0.1, 0.15) is 10.5 Å². The number of ether oxygens (including phenoxy) is 3. The SMILES string of the molecule is CNC(=O)c1ncoc1-c1cc(OC)c(OC)c(OC)c1. The maximum Gasteiger partial charge on any atom is 0.273 e. The number of oxazole rings is 1. The monoisotopic (exact) mass is 292 g/mol. The van der Waals surface area contributed by atoms with Gasteiger partial charge in [-0.3, -0.25) is 4.79 Å². The van der Waals surface area contributed by atoms with E-state index in [9.17, 15) is 4.79 Å². The topological polar surface area (TPSA) is 82.8 Å². The molecule has 1 heterocycles. The minimum Gasteiger partial charge on any atom is -0.493 e. The summed E-state index contributed by atoms with van der Waals surface area (Å²) in [6.45, 7) is 0. The number of methoxy groups -OCH3 is 3. The van der Waals surface area contributed by atoms with Gasteiger partial charge in [-0.15, -0.1) is 0 Å². The number of carbonyl (C=O) groups excluding carboxylic acids is 1. The third kappa shape index (κ3) is 2.62. The first-order chi connectivity index (χ1) is 10.2. The lowest BCUT2D eigenvalue weighted by Gasteiger charge is -2.13. The molecule has 0 bridgehead atoms. The number of hydrogen-bond acceptors (Lipinski definition) is 6. The summed E-state index contributed by atoms with van der Waals surface area (Å²) in [6, 6.07) is 3.38. The van der Waals surface area contributed by atoms with E-state index in [-0.39, 0.29) is 11.6 Å². The fourth-order valence-corrected chi connectivity index (χ4v) is 1.94. The maximum atomic E-state index is 11.8. The number of aromatic nitrogens is 1. The van der Waals surface area contributed by atoms with Crippen LogP contribution in [0.3, 0.4) is 0 Å².